The van der Waals surface area contributed by atoms with Crippen LogP contribution in [0.25, 0.3) is 4.96 Å². The number of nitrogens with one attached hydrogen (secondary N) is 2. The van der Waals surface area contributed by atoms with Crippen LogP contribution in [0.4, 0.5) is 11.4 Å². The molecule has 0 aliphatic carbocycles. The van der Waals surface area contributed by atoms with E-state index in [2.05, 4.69) is 15.6 Å². The first kappa shape index (κ1) is 20.3. The maximum atomic E-state index is 13.2. The normalized spacial score (nSPS) is 10.6. The fourth-order valence-corrected chi connectivity index (χ4v) is 4.09. The van der Waals surface area contributed by atoms with E-state index >= 15 is 0 Å². The van der Waals surface area contributed by atoms with Gasteiger partial charge in [0.1, 0.15) is 16.3 Å². The minimum atomic E-state index is -0.595. The first-order valence-electron chi connectivity index (χ1n) is 9.31. The van der Waals surface area contributed by atoms with Gasteiger partial charge in [0.25, 0.3) is 17.4 Å². The second-order valence-electron chi connectivity index (χ2n) is 6.64. The summed E-state index contributed by atoms with van der Waals surface area (Å²) in [6.45, 7) is 1.68. The van der Waals surface area contributed by atoms with Crippen molar-refractivity contribution in [3.63, 3.8) is 0 Å². The molecule has 0 aliphatic rings. The molecule has 2 N–H and O–H groups in total. The Morgan fingerprint density at radius 3 is 2.29 bits per heavy atom. The lowest BCUT2D eigenvalue weighted by Crippen LogP contribution is -2.25. The number of aromatic nitrogens is 2. The lowest BCUT2D eigenvalue weighted by atomic mass is 10.2. The third kappa shape index (κ3) is 4.17. The van der Waals surface area contributed by atoms with Crippen molar-refractivity contribution in [2.45, 2.75) is 6.92 Å². The second kappa shape index (κ2) is 8.41. The number of para-hydroxylation sites is 1. The van der Waals surface area contributed by atoms with Gasteiger partial charge in [-0.25, -0.2) is 9.38 Å². The van der Waals surface area contributed by atoms with E-state index in [1.807, 2.05) is 6.07 Å². The average Bonchev–Trinajstić information content (AvgIpc) is 3.15. The molecule has 2 amide bonds. The van der Waals surface area contributed by atoms with Crippen LogP contribution in [0.2, 0.25) is 0 Å². The number of carbonyl (C=O) groups excluding carboxylic acids is 2. The molecule has 0 fully saturated rings. The van der Waals surface area contributed by atoms with Crippen molar-refractivity contribution >= 4 is 39.5 Å². The van der Waals surface area contributed by atoms with E-state index in [9.17, 15) is 14.4 Å². The van der Waals surface area contributed by atoms with Crippen molar-refractivity contribution in [3.8, 4) is 5.75 Å². The first-order chi connectivity index (χ1) is 15.0. The van der Waals surface area contributed by atoms with Gasteiger partial charge in [0.15, 0.2) is 4.96 Å². The average molecular weight is 434 g/mol. The maximum absolute atomic E-state index is 13.2. The number of rotatable bonds is 5. The van der Waals surface area contributed by atoms with Crippen molar-refractivity contribution in [2.75, 3.05) is 17.7 Å². The fourth-order valence-electron chi connectivity index (χ4n) is 3.02. The third-order valence-electron chi connectivity index (χ3n) is 4.45. The van der Waals surface area contributed by atoms with Crippen LogP contribution in [0.3, 0.4) is 0 Å². The van der Waals surface area contributed by atoms with E-state index in [1.54, 1.807) is 62.6 Å². The van der Waals surface area contributed by atoms with E-state index in [0.29, 0.717) is 22.8 Å². The number of benzene rings is 2. The van der Waals surface area contributed by atoms with Gasteiger partial charge in [-0.15, -0.1) is 0 Å². The number of amides is 2. The van der Waals surface area contributed by atoms with Crippen LogP contribution in [-0.2, 0) is 0 Å². The number of aryl methyl sites for hydroxylation is 1. The SMILES string of the molecule is COc1ccc(NC(=O)c2c(C(=O)Nc3ccccc3)sc3nc(C)cc(=O)n23)cc1. The minimum Gasteiger partial charge on any atom is -0.497 e. The molecule has 31 heavy (non-hydrogen) atoms. The molecule has 2 heterocycles. The van der Waals surface area contributed by atoms with Gasteiger partial charge in [0.2, 0.25) is 0 Å². The molecule has 0 aliphatic heterocycles. The summed E-state index contributed by atoms with van der Waals surface area (Å²) in [6.07, 6.45) is 0. The molecule has 0 radical (unpaired) electrons. The number of carbonyl (C=O) groups is 2. The van der Waals surface area contributed by atoms with Crippen LogP contribution in [0.5, 0.6) is 5.75 Å². The number of hydrogen-bond acceptors (Lipinski definition) is 6. The standard InChI is InChI=1S/C22H18N4O4S/c1-13-12-17(27)26-18(20(28)24-15-8-10-16(30-2)11-9-15)19(31-22(26)23-13)21(29)25-14-6-4-3-5-7-14/h3-12H,1-2H3,(H,24,28)(H,25,29). The summed E-state index contributed by atoms with van der Waals surface area (Å²) in [4.78, 5) is 43.5. The monoisotopic (exact) mass is 434 g/mol. The van der Waals surface area contributed by atoms with Crippen LogP contribution in [0, 0.1) is 6.92 Å². The van der Waals surface area contributed by atoms with Gasteiger partial charge in [-0.1, -0.05) is 29.5 Å². The molecule has 4 rings (SSSR count). The Kier molecular flexibility index (Phi) is 5.50. The predicted molar refractivity (Wildman–Crippen MR) is 119 cm³/mol. The van der Waals surface area contributed by atoms with E-state index < -0.39 is 17.4 Å². The van der Waals surface area contributed by atoms with E-state index in [-0.39, 0.29) is 15.5 Å². The highest BCUT2D eigenvalue weighted by atomic mass is 32.1. The van der Waals surface area contributed by atoms with Crippen molar-refractivity contribution < 1.29 is 14.3 Å². The van der Waals surface area contributed by atoms with Gasteiger partial charge in [0, 0.05) is 23.1 Å². The molecule has 9 heteroatoms. The van der Waals surface area contributed by atoms with E-state index in [1.165, 1.54) is 6.07 Å². The lowest BCUT2D eigenvalue weighted by molar-refractivity contribution is 0.0989. The Labute approximate surface area is 181 Å². The molecule has 0 atom stereocenters. The Balaban J connectivity index is 1.77. The van der Waals surface area contributed by atoms with Crippen molar-refractivity contribution in [1.82, 2.24) is 9.38 Å². The van der Waals surface area contributed by atoms with Gasteiger partial charge in [-0.05, 0) is 43.3 Å². The van der Waals surface area contributed by atoms with Crippen molar-refractivity contribution in [1.29, 1.82) is 0 Å². The van der Waals surface area contributed by atoms with Gasteiger partial charge in [-0.2, -0.15) is 0 Å². The molecule has 8 nitrogen and oxygen atoms in total. The molecule has 0 saturated carbocycles. The molecule has 0 spiro atoms. The molecular weight excluding hydrogens is 416 g/mol. The van der Waals surface area contributed by atoms with Crippen LogP contribution >= 0.6 is 11.3 Å². The van der Waals surface area contributed by atoms with Crippen LogP contribution < -0.4 is 20.9 Å². The summed E-state index contributed by atoms with van der Waals surface area (Å²) < 4.78 is 6.28. The Hall–Kier alpha value is -3.98. The van der Waals surface area contributed by atoms with Crippen LogP contribution in [0.15, 0.2) is 65.5 Å². The second-order valence-corrected chi connectivity index (χ2v) is 7.61. The summed E-state index contributed by atoms with van der Waals surface area (Å²) in [6, 6.07) is 16.9. The number of anilines is 2. The first-order valence-corrected chi connectivity index (χ1v) is 10.1. The number of ether oxygens (including phenoxy) is 1. The number of methoxy groups -OCH3 is 1. The van der Waals surface area contributed by atoms with Gasteiger partial charge >= 0.3 is 0 Å². The highest BCUT2D eigenvalue weighted by Gasteiger charge is 2.26. The fraction of sp³-hybridized carbons (Fsp3) is 0.0909. The summed E-state index contributed by atoms with van der Waals surface area (Å²) in [5, 5.41) is 5.49. The third-order valence-corrected chi connectivity index (χ3v) is 5.49. The molecule has 2 aromatic carbocycles. The van der Waals surface area contributed by atoms with Gasteiger partial charge < -0.3 is 15.4 Å². The Bertz CT molecular complexity index is 1330. The molecule has 0 unspecified atom stereocenters. The van der Waals surface area contributed by atoms with Crippen molar-refractivity contribution in [2.24, 2.45) is 0 Å². The van der Waals surface area contributed by atoms with Crippen LogP contribution in [0.1, 0.15) is 25.9 Å². The number of thiazole rings is 1. The zero-order valence-electron chi connectivity index (χ0n) is 16.7. The number of nitrogens with zero attached hydrogens (tertiary/aromatic N) is 2. The lowest BCUT2D eigenvalue weighted by Gasteiger charge is -2.09. The Morgan fingerprint density at radius 2 is 1.61 bits per heavy atom. The van der Waals surface area contributed by atoms with E-state index in [0.717, 1.165) is 15.7 Å². The smallest absolute Gasteiger partial charge is 0.274 e. The highest BCUT2D eigenvalue weighted by molar-refractivity contribution is 7.19. The summed E-state index contributed by atoms with van der Waals surface area (Å²) >= 11 is 0.984. The zero-order chi connectivity index (χ0) is 22.0. The minimum absolute atomic E-state index is 0.0678. The zero-order valence-corrected chi connectivity index (χ0v) is 17.5. The molecule has 2 aromatic heterocycles. The quantitative estimate of drug-likeness (QED) is 0.500. The number of hydrogen-bond donors (Lipinski definition) is 2. The van der Waals surface area contributed by atoms with Gasteiger partial charge in [0.05, 0.1) is 7.11 Å². The summed E-state index contributed by atoms with van der Waals surface area (Å²) in [5.41, 5.74) is 1.07. The largest absolute Gasteiger partial charge is 0.497 e. The highest BCUT2D eigenvalue weighted by Crippen LogP contribution is 2.24. The molecule has 0 saturated heterocycles. The molecule has 4 aromatic rings. The number of fused-ring (bicyclic) bond motifs is 1. The van der Waals surface area contributed by atoms with E-state index in [4.69, 9.17) is 4.74 Å². The predicted octanol–water partition coefficient (Wildman–Crippen LogP) is 3.58. The molecule has 156 valence electrons. The topological polar surface area (TPSA) is 102 Å². The Morgan fingerprint density at radius 1 is 0.968 bits per heavy atom. The maximum Gasteiger partial charge on any atom is 0.274 e. The van der Waals surface area contributed by atoms with Gasteiger partial charge in [-0.3, -0.25) is 14.4 Å². The summed E-state index contributed by atoms with van der Waals surface area (Å²) in [5.74, 6) is -0.459. The summed E-state index contributed by atoms with van der Waals surface area (Å²) in [7, 11) is 1.55. The van der Waals surface area contributed by atoms with Crippen molar-refractivity contribution in [3.05, 3.63) is 87.3 Å². The van der Waals surface area contributed by atoms with Crippen LogP contribution in [-0.4, -0.2) is 28.3 Å². The molecular formula is C22H18N4O4S. The molecule has 0 bridgehead atoms.